The normalized spacial score (nSPS) is 21.3. The molecule has 0 aromatic rings. The molecule has 0 rings (SSSR count). The van der Waals surface area contributed by atoms with Crippen LogP contribution in [0.5, 0.6) is 0 Å². The van der Waals surface area contributed by atoms with Crippen LogP contribution in [0.4, 0.5) is 0 Å². The molecule has 194 valence electrons. The Kier molecular flexibility index (Phi) is 12.9. The molecule has 7 nitrogen and oxygen atoms in total. The number of hydrogen-bond donors (Lipinski definition) is 7. The topological polar surface area (TPSA) is 142 Å². The van der Waals surface area contributed by atoms with Gasteiger partial charge in [-0.1, -0.05) is 0 Å². The Morgan fingerprint density at radius 2 is 0.781 bits per heavy atom. The van der Waals surface area contributed by atoms with E-state index in [0.29, 0.717) is 77.0 Å². The number of hydrogen-bond acceptors (Lipinski definition) is 7. The molecule has 32 heavy (non-hydrogen) atoms. The summed E-state index contributed by atoms with van der Waals surface area (Å²) in [7, 11) is 0. The van der Waals surface area contributed by atoms with Gasteiger partial charge in [0.05, 0.1) is 34.1 Å². The van der Waals surface area contributed by atoms with Gasteiger partial charge in [0.15, 0.2) is 0 Å². The number of rotatable bonds is 18. The van der Waals surface area contributed by atoms with Crippen LogP contribution in [0.25, 0.3) is 0 Å². The highest BCUT2D eigenvalue weighted by Crippen LogP contribution is 2.30. The van der Waals surface area contributed by atoms with Gasteiger partial charge in [0.25, 0.3) is 0 Å². The van der Waals surface area contributed by atoms with Gasteiger partial charge in [-0.2, -0.15) is 0 Å². The average Bonchev–Trinajstić information content (AvgIpc) is 2.57. The maximum atomic E-state index is 10.7. The molecule has 0 amide bonds. The van der Waals surface area contributed by atoms with Crippen molar-refractivity contribution in [3.05, 3.63) is 0 Å². The minimum atomic E-state index is -1.20. The molecule has 0 saturated carbocycles. The molecule has 0 bridgehead atoms. The summed E-state index contributed by atoms with van der Waals surface area (Å²) < 4.78 is 0. The van der Waals surface area contributed by atoms with Gasteiger partial charge < -0.3 is 35.7 Å². The van der Waals surface area contributed by atoms with Gasteiger partial charge in [0.2, 0.25) is 0 Å². The molecule has 5 atom stereocenters. The zero-order valence-corrected chi connectivity index (χ0v) is 21.4. The van der Waals surface area contributed by atoms with E-state index in [0.717, 1.165) is 0 Å². The van der Waals surface area contributed by atoms with Crippen molar-refractivity contribution >= 4 is 0 Å². The molecule has 0 spiro atoms. The van der Waals surface area contributed by atoms with E-state index in [1.165, 1.54) is 0 Å². The molecule has 0 aromatic carbocycles. The zero-order valence-electron chi connectivity index (χ0n) is 21.4. The average molecular weight is 465 g/mol. The molecule has 0 aromatic heterocycles. The fourth-order valence-electron chi connectivity index (χ4n) is 4.09. The van der Waals surface area contributed by atoms with Crippen LogP contribution < -0.4 is 0 Å². The van der Waals surface area contributed by atoms with Gasteiger partial charge in [-0.05, 0) is 119 Å². The van der Waals surface area contributed by atoms with Gasteiger partial charge in [-0.15, -0.1) is 0 Å². The fourth-order valence-corrected chi connectivity index (χ4v) is 4.09. The van der Waals surface area contributed by atoms with Crippen LogP contribution in [0.3, 0.4) is 0 Å². The first kappa shape index (κ1) is 31.7. The summed E-state index contributed by atoms with van der Waals surface area (Å²) in [5, 5.41) is 70.7. The van der Waals surface area contributed by atoms with E-state index in [-0.39, 0.29) is 6.61 Å². The largest absolute Gasteiger partial charge is 0.396 e. The SMILES string of the molecule is CC(C)(O)[C@H](O)CC[C@@](C)(O)CCC[C@@](C)(O)CCC[C@@](C)(O)CCC[C@@](C)(O)CCO. The predicted molar refractivity (Wildman–Crippen MR) is 127 cm³/mol. The van der Waals surface area contributed by atoms with E-state index in [4.69, 9.17) is 5.11 Å². The van der Waals surface area contributed by atoms with Crippen LogP contribution in [0.1, 0.15) is 119 Å². The third-order valence-corrected chi connectivity index (χ3v) is 6.71. The first-order chi connectivity index (χ1) is 14.3. The van der Waals surface area contributed by atoms with Gasteiger partial charge in [0.1, 0.15) is 0 Å². The van der Waals surface area contributed by atoms with Crippen molar-refractivity contribution in [2.24, 2.45) is 0 Å². The first-order valence-corrected chi connectivity index (χ1v) is 12.2. The van der Waals surface area contributed by atoms with Crippen LogP contribution in [0, 0.1) is 0 Å². The highest BCUT2D eigenvalue weighted by atomic mass is 16.3. The maximum Gasteiger partial charge on any atom is 0.0849 e. The molecule has 0 unspecified atom stereocenters. The lowest BCUT2D eigenvalue weighted by Gasteiger charge is -2.31. The molecule has 0 heterocycles. The Bertz CT molecular complexity index is 507. The first-order valence-electron chi connectivity index (χ1n) is 12.2. The maximum absolute atomic E-state index is 10.7. The van der Waals surface area contributed by atoms with E-state index >= 15 is 0 Å². The molecule has 7 N–H and O–H groups in total. The second kappa shape index (κ2) is 13.0. The second-order valence-corrected chi connectivity index (χ2v) is 11.7. The molecule has 0 fully saturated rings. The minimum absolute atomic E-state index is 0.0588. The molecule has 0 saturated heterocycles. The van der Waals surface area contributed by atoms with Gasteiger partial charge in [-0.25, -0.2) is 0 Å². The van der Waals surface area contributed by atoms with Gasteiger partial charge in [-0.3, -0.25) is 0 Å². The molecular weight excluding hydrogens is 412 g/mol. The van der Waals surface area contributed by atoms with E-state index in [1.54, 1.807) is 41.5 Å². The Hall–Kier alpha value is -0.280. The Morgan fingerprint density at radius 1 is 0.500 bits per heavy atom. The lowest BCUT2D eigenvalue weighted by atomic mass is 9.84. The summed E-state index contributed by atoms with van der Waals surface area (Å²) in [5.74, 6) is 0. The highest BCUT2D eigenvalue weighted by molar-refractivity contribution is 4.83. The van der Waals surface area contributed by atoms with E-state index < -0.39 is 34.1 Å². The van der Waals surface area contributed by atoms with E-state index in [1.807, 2.05) is 0 Å². The summed E-state index contributed by atoms with van der Waals surface area (Å²) in [6.07, 6.45) is 5.26. The Morgan fingerprint density at radius 3 is 1.06 bits per heavy atom. The second-order valence-electron chi connectivity index (χ2n) is 11.7. The highest BCUT2D eigenvalue weighted by Gasteiger charge is 2.30. The van der Waals surface area contributed by atoms with E-state index in [2.05, 4.69) is 0 Å². The fraction of sp³-hybridized carbons (Fsp3) is 1.00. The summed E-state index contributed by atoms with van der Waals surface area (Å²) in [6, 6.07) is 0. The summed E-state index contributed by atoms with van der Waals surface area (Å²) in [6.45, 7) is 10.00. The van der Waals surface area contributed by atoms with Crippen molar-refractivity contribution in [2.75, 3.05) is 6.61 Å². The van der Waals surface area contributed by atoms with Crippen LogP contribution in [0.2, 0.25) is 0 Å². The van der Waals surface area contributed by atoms with Crippen LogP contribution in [0.15, 0.2) is 0 Å². The molecule has 0 aliphatic rings. The number of aliphatic hydroxyl groups excluding tert-OH is 2. The standard InChI is InChI=1S/C25H52O7/c1-21(2,28)20(27)10-17-24(5,31)15-8-13-22(3,29)11-7-12-23(4,30)14-9-16-25(6,32)18-19-26/h20,26-32H,7-19H2,1-6H3/t20-,22+,23-,24+,25-/m1/s1. The van der Waals surface area contributed by atoms with Crippen molar-refractivity contribution in [2.45, 2.75) is 153 Å². The van der Waals surface area contributed by atoms with Crippen molar-refractivity contribution in [3.63, 3.8) is 0 Å². The van der Waals surface area contributed by atoms with Crippen molar-refractivity contribution < 1.29 is 35.7 Å². The van der Waals surface area contributed by atoms with Crippen molar-refractivity contribution in [3.8, 4) is 0 Å². The quantitative estimate of drug-likeness (QED) is 0.165. The van der Waals surface area contributed by atoms with Crippen LogP contribution >= 0.6 is 0 Å². The molecule has 0 radical (unpaired) electrons. The summed E-state index contributed by atoms with van der Waals surface area (Å²) in [4.78, 5) is 0. The third-order valence-electron chi connectivity index (χ3n) is 6.71. The van der Waals surface area contributed by atoms with Crippen molar-refractivity contribution in [1.29, 1.82) is 0 Å². The lowest BCUT2D eigenvalue weighted by Crippen LogP contribution is -2.38. The molecular formula is C25H52O7. The Labute approximate surface area is 195 Å². The third kappa shape index (κ3) is 15.5. The van der Waals surface area contributed by atoms with Crippen molar-refractivity contribution in [1.82, 2.24) is 0 Å². The smallest absolute Gasteiger partial charge is 0.0849 e. The van der Waals surface area contributed by atoms with Gasteiger partial charge >= 0.3 is 0 Å². The number of aliphatic hydroxyl groups is 7. The summed E-state index contributed by atoms with van der Waals surface area (Å²) in [5.41, 5.74) is -4.83. The summed E-state index contributed by atoms with van der Waals surface area (Å²) >= 11 is 0. The molecule has 0 aliphatic heterocycles. The zero-order chi connectivity index (χ0) is 25.3. The van der Waals surface area contributed by atoms with Crippen LogP contribution in [-0.4, -0.2) is 76.5 Å². The molecule has 7 heteroatoms. The molecule has 0 aliphatic carbocycles. The lowest BCUT2D eigenvalue weighted by molar-refractivity contribution is -0.0649. The minimum Gasteiger partial charge on any atom is -0.396 e. The Balaban J connectivity index is 4.25. The monoisotopic (exact) mass is 464 g/mol. The van der Waals surface area contributed by atoms with Crippen LogP contribution in [-0.2, 0) is 0 Å². The van der Waals surface area contributed by atoms with Gasteiger partial charge in [0, 0.05) is 6.61 Å². The predicted octanol–water partition coefficient (Wildman–Crippen LogP) is 2.80. The van der Waals surface area contributed by atoms with E-state index in [9.17, 15) is 30.6 Å².